The quantitative estimate of drug-likeness (QED) is 0.745. The lowest BCUT2D eigenvalue weighted by molar-refractivity contribution is 0.681. The zero-order valence-electron chi connectivity index (χ0n) is 8.03. The third kappa shape index (κ3) is 1.20. The van der Waals surface area contributed by atoms with E-state index >= 15 is 0 Å². The van der Waals surface area contributed by atoms with Crippen LogP contribution in [0.25, 0.3) is 11.2 Å². The van der Waals surface area contributed by atoms with Crippen molar-refractivity contribution in [2.24, 2.45) is 0 Å². The molecule has 2 heterocycles. The Hall–Kier alpha value is -1.38. The fourth-order valence-corrected chi connectivity index (χ4v) is 2.25. The molecule has 2 aromatic heterocycles. The second kappa shape index (κ2) is 3.08. The average molecular weight is 187 g/mol. The second-order valence-corrected chi connectivity index (χ2v) is 3.97. The van der Waals surface area contributed by atoms with Gasteiger partial charge in [-0.2, -0.15) is 0 Å². The van der Waals surface area contributed by atoms with Crippen molar-refractivity contribution < 1.29 is 0 Å². The fraction of sp³-hybridized carbons (Fsp3) is 0.455. The molecule has 0 unspecified atom stereocenters. The first-order valence-electron chi connectivity index (χ1n) is 5.24. The van der Waals surface area contributed by atoms with E-state index in [0.29, 0.717) is 5.92 Å². The molecule has 1 aliphatic carbocycles. The summed E-state index contributed by atoms with van der Waals surface area (Å²) in [4.78, 5) is 12.1. The number of pyridine rings is 1. The maximum Gasteiger partial charge on any atom is 0.157 e. The molecule has 1 aliphatic rings. The zero-order valence-corrected chi connectivity index (χ0v) is 8.03. The third-order valence-corrected chi connectivity index (χ3v) is 3.02. The first kappa shape index (κ1) is 7.97. The van der Waals surface area contributed by atoms with Gasteiger partial charge in [-0.25, -0.2) is 9.97 Å². The van der Waals surface area contributed by atoms with Crippen molar-refractivity contribution in [1.82, 2.24) is 15.0 Å². The van der Waals surface area contributed by atoms with Crippen LogP contribution in [0.2, 0.25) is 0 Å². The van der Waals surface area contributed by atoms with Crippen molar-refractivity contribution in [1.29, 1.82) is 0 Å². The summed E-state index contributed by atoms with van der Waals surface area (Å²) in [6, 6.07) is 3.94. The van der Waals surface area contributed by atoms with E-state index in [-0.39, 0.29) is 0 Å². The molecule has 72 valence electrons. The Balaban J connectivity index is 2.05. The molecule has 1 saturated carbocycles. The Kier molecular flexibility index (Phi) is 1.76. The van der Waals surface area contributed by atoms with E-state index in [0.717, 1.165) is 17.0 Å². The van der Waals surface area contributed by atoms with Gasteiger partial charge in [0.1, 0.15) is 11.3 Å². The summed E-state index contributed by atoms with van der Waals surface area (Å²) in [5.74, 6) is 1.78. The van der Waals surface area contributed by atoms with Gasteiger partial charge in [0, 0.05) is 12.1 Å². The Bertz CT molecular complexity index is 407. The van der Waals surface area contributed by atoms with Gasteiger partial charge in [0.25, 0.3) is 0 Å². The molecule has 0 atom stereocenters. The standard InChI is InChI=1S/C11H13N3/c1-2-5-8(4-1)10-13-9-6-3-7-12-11(9)14-10/h3,6-8H,1-2,4-5H2,(H,12,13,14). The summed E-state index contributed by atoms with van der Waals surface area (Å²) in [6.07, 6.45) is 7.04. The van der Waals surface area contributed by atoms with Crippen LogP contribution in [0.1, 0.15) is 37.4 Å². The molecule has 0 saturated heterocycles. The number of imidazole rings is 1. The van der Waals surface area contributed by atoms with E-state index < -0.39 is 0 Å². The maximum absolute atomic E-state index is 4.58. The highest BCUT2D eigenvalue weighted by Crippen LogP contribution is 2.32. The molecule has 0 bridgehead atoms. The maximum atomic E-state index is 4.58. The SMILES string of the molecule is c1cnc2[nH]c(C3CCCC3)nc2c1. The number of hydrogen-bond donors (Lipinski definition) is 1. The monoisotopic (exact) mass is 187 g/mol. The van der Waals surface area contributed by atoms with Gasteiger partial charge in [-0.1, -0.05) is 12.8 Å². The van der Waals surface area contributed by atoms with Gasteiger partial charge < -0.3 is 4.98 Å². The van der Waals surface area contributed by atoms with E-state index in [4.69, 9.17) is 0 Å². The van der Waals surface area contributed by atoms with Gasteiger partial charge in [0.2, 0.25) is 0 Å². The van der Waals surface area contributed by atoms with Crippen LogP contribution < -0.4 is 0 Å². The van der Waals surface area contributed by atoms with Crippen LogP contribution >= 0.6 is 0 Å². The molecule has 1 N–H and O–H groups in total. The number of aromatic nitrogens is 3. The van der Waals surface area contributed by atoms with Gasteiger partial charge in [-0.3, -0.25) is 0 Å². The van der Waals surface area contributed by atoms with E-state index in [1.165, 1.54) is 25.7 Å². The van der Waals surface area contributed by atoms with Crippen molar-refractivity contribution in [3.8, 4) is 0 Å². The van der Waals surface area contributed by atoms with Crippen LogP contribution in [0.5, 0.6) is 0 Å². The Labute approximate surface area is 82.6 Å². The van der Waals surface area contributed by atoms with Gasteiger partial charge >= 0.3 is 0 Å². The summed E-state index contributed by atoms with van der Waals surface area (Å²) in [5, 5.41) is 0. The lowest BCUT2D eigenvalue weighted by atomic mass is 10.1. The third-order valence-electron chi connectivity index (χ3n) is 3.02. The van der Waals surface area contributed by atoms with Crippen molar-refractivity contribution >= 4 is 11.2 Å². The van der Waals surface area contributed by atoms with Crippen LogP contribution in [0.15, 0.2) is 18.3 Å². The Morgan fingerprint density at radius 2 is 2.14 bits per heavy atom. The lowest BCUT2D eigenvalue weighted by Crippen LogP contribution is -1.94. The molecule has 0 aliphatic heterocycles. The normalized spacial score (nSPS) is 18.0. The van der Waals surface area contributed by atoms with Crippen LogP contribution in [0.3, 0.4) is 0 Å². The molecule has 0 aromatic carbocycles. The minimum atomic E-state index is 0.643. The summed E-state index contributed by atoms with van der Waals surface area (Å²) in [5.41, 5.74) is 1.92. The average Bonchev–Trinajstić information content (AvgIpc) is 2.86. The molecule has 1 fully saturated rings. The summed E-state index contributed by atoms with van der Waals surface area (Å²) >= 11 is 0. The highest BCUT2D eigenvalue weighted by Gasteiger charge is 2.20. The van der Waals surface area contributed by atoms with Crippen molar-refractivity contribution in [3.05, 3.63) is 24.2 Å². The smallest absolute Gasteiger partial charge is 0.157 e. The van der Waals surface area contributed by atoms with Gasteiger partial charge in [-0.15, -0.1) is 0 Å². The van der Waals surface area contributed by atoms with Crippen LogP contribution in [0, 0.1) is 0 Å². The van der Waals surface area contributed by atoms with Gasteiger partial charge in [0.05, 0.1) is 0 Å². The van der Waals surface area contributed by atoms with Crippen molar-refractivity contribution in [2.45, 2.75) is 31.6 Å². The highest BCUT2D eigenvalue weighted by molar-refractivity contribution is 5.70. The molecule has 0 spiro atoms. The minimum absolute atomic E-state index is 0.643. The molecule has 0 radical (unpaired) electrons. The summed E-state index contributed by atoms with van der Waals surface area (Å²) < 4.78 is 0. The van der Waals surface area contributed by atoms with Gasteiger partial charge in [-0.05, 0) is 25.0 Å². The largest absolute Gasteiger partial charge is 0.326 e. The zero-order chi connectivity index (χ0) is 9.38. The predicted molar refractivity (Wildman–Crippen MR) is 55.1 cm³/mol. The molecule has 2 aromatic rings. The number of nitrogens with zero attached hydrogens (tertiary/aromatic N) is 2. The van der Waals surface area contributed by atoms with Gasteiger partial charge in [0.15, 0.2) is 5.65 Å². The number of hydrogen-bond acceptors (Lipinski definition) is 2. The first-order valence-corrected chi connectivity index (χ1v) is 5.24. The number of aromatic amines is 1. The molecule has 3 rings (SSSR count). The van der Waals surface area contributed by atoms with Crippen LogP contribution in [0.4, 0.5) is 0 Å². The Morgan fingerprint density at radius 3 is 2.93 bits per heavy atom. The van der Waals surface area contributed by atoms with E-state index in [2.05, 4.69) is 15.0 Å². The number of fused-ring (bicyclic) bond motifs is 1. The summed E-state index contributed by atoms with van der Waals surface area (Å²) in [7, 11) is 0. The molecular weight excluding hydrogens is 174 g/mol. The topological polar surface area (TPSA) is 41.6 Å². The van der Waals surface area contributed by atoms with E-state index in [9.17, 15) is 0 Å². The highest BCUT2D eigenvalue weighted by atomic mass is 15.0. The van der Waals surface area contributed by atoms with Crippen molar-refractivity contribution in [3.63, 3.8) is 0 Å². The number of nitrogens with one attached hydrogen (secondary N) is 1. The van der Waals surface area contributed by atoms with E-state index in [1.807, 2.05) is 12.1 Å². The molecule has 3 heteroatoms. The summed E-state index contributed by atoms with van der Waals surface area (Å²) in [6.45, 7) is 0. The van der Waals surface area contributed by atoms with Crippen LogP contribution in [-0.2, 0) is 0 Å². The van der Waals surface area contributed by atoms with Crippen LogP contribution in [-0.4, -0.2) is 15.0 Å². The van der Waals surface area contributed by atoms with E-state index in [1.54, 1.807) is 6.20 Å². The predicted octanol–water partition coefficient (Wildman–Crippen LogP) is 2.62. The van der Waals surface area contributed by atoms with Crippen molar-refractivity contribution in [2.75, 3.05) is 0 Å². The molecule has 3 nitrogen and oxygen atoms in total. The lowest BCUT2D eigenvalue weighted by Gasteiger charge is -2.02. The minimum Gasteiger partial charge on any atom is -0.326 e. The first-order chi connectivity index (χ1) is 6.93. The molecule has 14 heavy (non-hydrogen) atoms. The molecule has 0 amide bonds. The second-order valence-electron chi connectivity index (χ2n) is 3.97. The fourth-order valence-electron chi connectivity index (χ4n) is 2.25. The number of H-pyrrole nitrogens is 1. The Morgan fingerprint density at radius 1 is 1.29 bits per heavy atom. The number of rotatable bonds is 1. The molecular formula is C11H13N3.